The number of alkyl halides is 1. The van der Waals surface area contributed by atoms with Crippen LogP contribution in [-0.2, 0) is 9.53 Å². The third-order valence-electron chi connectivity index (χ3n) is 0.414. The van der Waals surface area contributed by atoms with Crippen molar-refractivity contribution in [1.29, 1.82) is 0 Å². The van der Waals surface area contributed by atoms with Gasteiger partial charge in [0.2, 0.25) is 0 Å². The molecule has 0 aliphatic carbocycles. The van der Waals surface area contributed by atoms with Gasteiger partial charge in [0.25, 0.3) is 0 Å². The molecule has 0 bridgehead atoms. The molecule has 2 nitrogen and oxygen atoms in total. The third-order valence-corrected chi connectivity index (χ3v) is 0.872. The van der Waals surface area contributed by atoms with Crippen LogP contribution in [0.25, 0.3) is 0 Å². The Balaban J connectivity index is 0. The summed E-state index contributed by atoms with van der Waals surface area (Å²) in [5, 5.41) is 0.292. The van der Waals surface area contributed by atoms with Crippen molar-refractivity contribution in [3.8, 4) is 0 Å². The van der Waals surface area contributed by atoms with Crippen LogP contribution in [0.2, 0.25) is 0 Å². The molecule has 50 valence electrons. The molecule has 0 aromatic carbocycles. The molecule has 0 fully saturated rings. The molecule has 0 saturated carbocycles. The number of carbonyl (C=O) groups excluding carboxylic acids is 1. The van der Waals surface area contributed by atoms with Gasteiger partial charge >= 0.3 is 5.97 Å². The number of ether oxygens (including phenoxy) is 1. The molecule has 0 aromatic heterocycles. The van der Waals surface area contributed by atoms with E-state index in [1.165, 1.54) is 0 Å². The quantitative estimate of drug-likeness (QED) is 0.477. The summed E-state index contributed by atoms with van der Waals surface area (Å²) in [6.07, 6.45) is 0. The van der Waals surface area contributed by atoms with E-state index in [9.17, 15) is 4.79 Å². The lowest BCUT2D eigenvalue weighted by Crippen LogP contribution is -2.03. The molecule has 0 spiro atoms. The predicted octanol–water partition coefficient (Wildman–Crippen LogP) is 1.10. The van der Waals surface area contributed by atoms with Crippen LogP contribution in [0.4, 0.5) is 4.70 Å². The van der Waals surface area contributed by atoms with Crippen molar-refractivity contribution < 1.29 is 14.2 Å². The van der Waals surface area contributed by atoms with E-state index in [1.807, 2.05) is 0 Å². The van der Waals surface area contributed by atoms with Crippen LogP contribution in [0, 0.1) is 0 Å². The van der Waals surface area contributed by atoms with Crippen molar-refractivity contribution in [1.82, 2.24) is 0 Å². The maximum atomic E-state index is 10.1. The van der Waals surface area contributed by atoms with Gasteiger partial charge in [-0.25, -0.2) is 0 Å². The van der Waals surface area contributed by atoms with E-state index in [-0.39, 0.29) is 10.7 Å². The van der Waals surface area contributed by atoms with Crippen molar-refractivity contribution in [2.75, 3.05) is 11.9 Å². The molecule has 0 aliphatic heterocycles. The average molecular weight is 187 g/mol. The summed E-state index contributed by atoms with van der Waals surface area (Å²) in [4.78, 5) is 10.1. The van der Waals surface area contributed by atoms with Crippen LogP contribution in [0.5, 0.6) is 0 Å². The van der Waals surface area contributed by atoms with E-state index in [4.69, 9.17) is 0 Å². The highest BCUT2D eigenvalue weighted by Gasteiger charge is 1.92. The first-order chi connectivity index (χ1) is 3.31. The van der Waals surface area contributed by atoms with Gasteiger partial charge in [0.15, 0.2) is 0 Å². The molecule has 0 N–H and O–H groups in total. The Hall–Kier alpha value is -0.120. The van der Waals surface area contributed by atoms with E-state index >= 15 is 0 Å². The van der Waals surface area contributed by atoms with Crippen molar-refractivity contribution in [3.63, 3.8) is 0 Å². The first-order valence-corrected chi connectivity index (χ1v) is 3.15. The zero-order valence-electron chi connectivity index (χ0n) is 4.52. The zero-order valence-corrected chi connectivity index (χ0v) is 6.10. The molecule has 0 heterocycles. The molecule has 0 rings (SSSR count). The monoisotopic (exact) mass is 186 g/mol. The van der Waals surface area contributed by atoms with Gasteiger partial charge in [-0.3, -0.25) is 9.50 Å². The highest BCUT2D eigenvalue weighted by molar-refractivity contribution is 9.09. The maximum Gasteiger partial charge on any atom is 0.316 e. The second kappa shape index (κ2) is 6.88. The van der Waals surface area contributed by atoms with Crippen LogP contribution in [-0.4, -0.2) is 17.9 Å². The van der Waals surface area contributed by atoms with Gasteiger partial charge < -0.3 is 4.74 Å². The fourth-order valence-electron chi connectivity index (χ4n) is 0.200. The Morgan fingerprint density at radius 2 is 2.25 bits per heavy atom. The van der Waals surface area contributed by atoms with Gasteiger partial charge in [-0.1, -0.05) is 15.9 Å². The number of halogens is 2. The van der Waals surface area contributed by atoms with Crippen molar-refractivity contribution in [2.45, 2.75) is 6.92 Å². The summed E-state index contributed by atoms with van der Waals surface area (Å²) in [6.45, 7) is 2.24. The summed E-state index contributed by atoms with van der Waals surface area (Å²) in [5.74, 6) is -0.206. The minimum atomic E-state index is -0.206. The summed E-state index contributed by atoms with van der Waals surface area (Å²) in [7, 11) is 0. The molecule has 0 aliphatic rings. The van der Waals surface area contributed by atoms with Crippen LogP contribution in [0.1, 0.15) is 6.92 Å². The summed E-state index contributed by atoms with van der Waals surface area (Å²) < 4.78 is 4.51. The molecule has 0 aromatic rings. The molecule has 0 radical (unpaired) electrons. The smallest absolute Gasteiger partial charge is 0.316 e. The minimum absolute atomic E-state index is 0. The van der Waals surface area contributed by atoms with Crippen LogP contribution < -0.4 is 0 Å². The normalized spacial score (nSPS) is 7.25. The molecule has 0 amide bonds. The van der Waals surface area contributed by atoms with Gasteiger partial charge in [-0.05, 0) is 6.92 Å². The highest BCUT2D eigenvalue weighted by Crippen LogP contribution is 1.82. The van der Waals surface area contributed by atoms with E-state index in [2.05, 4.69) is 20.7 Å². The fourth-order valence-corrected chi connectivity index (χ4v) is 0.361. The molecule has 4 heteroatoms. The minimum Gasteiger partial charge on any atom is -0.465 e. The van der Waals surface area contributed by atoms with Gasteiger partial charge in [-0.15, -0.1) is 0 Å². The first-order valence-electron chi connectivity index (χ1n) is 2.02. The van der Waals surface area contributed by atoms with Gasteiger partial charge in [-0.2, -0.15) is 0 Å². The van der Waals surface area contributed by atoms with Crippen molar-refractivity contribution in [3.05, 3.63) is 0 Å². The average Bonchev–Trinajstić information content (AvgIpc) is 1.68. The number of rotatable bonds is 2. The Morgan fingerprint density at radius 1 is 1.75 bits per heavy atom. The SMILES string of the molecule is CCOC(=O)CBr.F. The molecule has 0 saturated heterocycles. The molecule has 8 heavy (non-hydrogen) atoms. The van der Waals surface area contributed by atoms with Crippen molar-refractivity contribution >= 4 is 21.9 Å². The second-order valence-electron chi connectivity index (χ2n) is 0.939. The lowest BCUT2D eigenvalue weighted by molar-refractivity contribution is -0.139. The Morgan fingerprint density at radius 3 is 2.38 bits per heavy atom. The number of esters is 1. The predicted molar refractivity (Wildman–Crippen MR) is 32.9 cm³/mol. The number of hydrogen-bond acceptors (Lipinski definition) is 2. The van der Waals surface area contributed by atoms with E-state index in [0.29, 0.717) is 11.9 Å². The van der Waals surface area contributed by atoms with Crippen LogP contribution in [0.3, 0.4) is 0 Å². The summed E-state index contributed by atoms with van der Waals surface area (Å²) in [5.41, 5.74) is 0. The lowest BCUT2D eigenvalue weighted by atomic mass is 10.8. The third kappa shape index (κ3) is 5.88. The maximum absolute atomic E-state index is 10.1. The summed E-state index contributed by atoms with van der Waals surface area (Å²) >= 11 is 2.94. The topological polar surface area (TPSA) is 26.3 Å². The van der Waals surface area contributed by atoms with Gasteiger partial charge in [0.05, 0.1) is 6.61 Å². The molecule has 0 atom stereocenters. The molecular weight excluding hydrogens is 179 g/mol. The highest BCUT2D eigenvalue weighted by atomic mass is 79.9. The standard InChI is InChI=1S/C4H7BrO2.FH/c1-2-7-4(6)3-5;/h2-3H2,1H3;1H. The van der Waals surface area contributed by atoms with Gasteiger partial charge in [0.1, 0.15) is 5.33 Å². The van der Waals surface area contributed by atoms with Gasteiger partial charge in [0, 0.05) is 0 Å². The van der Waals surface area contributed by atoms with Crippen LogP contribution in [0.15, 0.2) is 0 Å². The Kier molecular flexibility index (Phi) is 9.28. The lowest BCUT2D eigenvalue weighted by Gasteiger charge is -1.92. The van der Waals surface area contributed by atoms with E-state index < -0.39 is 0 Å². The first kappa shape index (κ1) is 10.8. The fraction of sp³-hybridized carbons (Fsp3) is 0.750. The van der Waals surface area contributed by atoms with Crippen molar-refractivity contribution in [2.24, 2.45) is 0 Å². The Labute approximate surface area is 55.7 Å². The second-order valence-corrected chi connectivity index (χ2v) is 1.50. The Bertz CT molecular complexity index is 67.1. The largest absolute Gasteiger partial charge is 0.465 e. The number of hydrogen-bond donors (Lipinski definition) is 0. The number of carbonyl (C=O) groups is 1. The molecular formula is C4H8BrFO2. The van der Waals surface area contributed by atoms with Crippen LogP contribution >= 0.6 is 15.9 Å². The molecule has 0 unspecified atom stereocenters. The van der Waals surface area contributed by atoms with E-state index in [0.717, 1.165) is 0 Å². The summed E-state index contributed by atoms with van der Waals surface area (Å²) in [6, 6.07) is 0. The van der Waals surface area contributed by atoms with E-state index in [1.54, 1.807) is 6.92 Å². The zero-order chi connectivity index (χ0) is 5.70.